The van der Waals surface area contributed by atoms with Gasteiger partial charge in [0.25, 0.3) is 5.91 Å². The lowest BCUT2D eigenvalue weighted by Gasteiger charge is -2.07. The number of nitrogens with one attached hydrogen (secondary N) is 1. The van der Waals surface area contributed by atoms with E-state index < -0.39 is 5.91 Å². The quantitative estimate of drug-likeness (QED) is 0.882. The minimum Gasteiger partial charge on any atom is -0.505 e. The van der Waals surface area contributed by atoms with E-state index in [9.17, 15) is 14.3 Å². The topological polar surface area (TPSA) is 62.2 Å². The van der Waals surface area contributed by atoms with Gasteiger partial charge in [0, 0.05) is 12.7 Å². The Bertz CT molecular complexity index is 587. The molecule has 4 nitrogen and oxygen atoms in total. The van der Waals surface area contributed by atoms with Gasteiger partial charge in [-0.1, -0.05) is 18.2 Å². The predicted octanol–water partition coefficient (Wildman–Crippen LogP) is 1.90. The molecule has 98 valence electrons. The van der Waals surface area contributed by atoms with Crippen molar-refractivity contribution in [2.24, 2.45) is 0 Å². The van der Waals surface area contributed by atoms with Gasteiger partial charge in [-0.25, -0.2) is 4.39 Å². The van der Waals surface area contributed by atoms with Crippen molar-refractivity contribution in [2.75, 3.05) is 6.54 Å². The molecule has 1 aromatic carbocycles. The second kappa shape index (κ2) is 5.95. The van der Waals surface area contributed by atoms with Crippen LogP contribution in [0.4, 0.5) is 4.39 Å². The van der Waals surface area contributed by atoms with E-state index in [1.165, 1.54) is 24.5 Å². The number of nitrogens with zero attached hydrogens (tertiary/aromatic N) is 1. The van der Waals surface area contributed by atoms with Crippen LogP contribution in [-0.2, 0) is 6.42 Å². The molecule has 1 heterocycles. The maximum atomic E-state index is 13.3. The van der Waals surface area contributed by atoms with Crippen LogP contribution >= 0.6 is 0 Å². The molecular weight excluding hydrogens is 247 g/mol. The summed E-state index contributed by atoms with van der Waals surface area (Å²) in [5.41, 5.74) is 0.699. The number of hydrogen-bond acceptors (Lipinski definition) is 3. The Morgan fingerprint density at radius 1 is 1.32 bits per heavy atom. The predicted molar refractivity (Wildman–Crippen MR) is 68.3 cm³/mol. The Kier molecular flexibility index (Phi) is 4.07. The van der Waals surface area contributed by atoms with Gasteiger partial charge >= 0.3 is 0 Å². The van der Waals surface area contributed by atoms with Crippen molar-refractivity contribution in [1.82, 2.24) is 10.3 Å². The van der Waals surface area contributed by atoms with Gasteiger partial charge in [0.15, 0.2) is 0 Å². The molecular formula is C14H13FN2O2. The molecule has 0 saturated carbocycles. The summed E-state index contributed by atoms with van der Waals surface area (Å²) in [6.45, 7) is 0.293. The zero-order chi connectivity index (χ0) is 13.7. The maximum absolute atomic E-state index is 13.3. The van der Waals surface area contributed by atoms with Crippen molar-refractivity contribution in [2.45, 2.75) is 6.42 Å². The van der Waals surface area contributed by atoms with E-state index in [0.29, 0.717) is 18.5 Å². The van der Waals surface area contributed by atoms with Gasteiger partial charge in [-0.05, 0) is 24.1 Å². The lowest BCUT2D eigenvalue weighted by Crippen LogP contribution is -2.26. The molecule has 0 aliphatic rings. The number of rotatable bonds is 4. The fourth-order valence-corrected chi connectivity index (χ4v) is 1.69. The summed E-state index contributed by atoms with van der Waals surface area (Å²) in [7, 11) is 0. The molecule has 5 heteroatoms. The lowest BCUT2D eigenvalue weighted by atomic mass is 10.1. The largest absolute Gasteiger partial charge is 0.505 e. The molecule has 0 spiro atoms. The second-order valence-electron chi connectivity index (χ2n) is 3.99. The van der Waals surface area contributed by atoms with Gasteiger partial charge in [-0.2, -0.15) is 0 Å². The van der Waals surface area contributed by atoms with E-state index >= 15 is 0 Å². The molecule has 0 unspecified atom stereocenters. The van der Waals surface area contributed by atoms with Crippen LogP contribution in [0.1, 0.15) is 15.9 Å². The highest BCUT2D eigenvalue weighted by Gasteiger charge is 2.10. The molecule has 1 amide bonds. The minimum absolute atomic E-state index is 0.156. The van der Waals surface area contributed by atoms with Crippen molar-refractivity contribution in [3.8, 4) is 5.75 Å². The van der Waals surface area contributed by atoms with Crippen LogP contribution in [0.15, 0.2) is 42.7 Å². The van der Waals surface area contributed by atoms with Gasteiger partial charge in [0.2, 0.25) is 0 Å². The average molecular weight is 260 g/mol. The summed E-state index contributed by atoms with van der Waals surface area (Å²) in [5.74, 6) is -0.870. The molecule has 1 aromatic heterocycles. The number of amides is 1. The third-order valence-corrected chi connectivity index (χ3v) is 2.68. The standard InChI is InChI=1S/C14H13FN2O2/c15-12-4-2-1-3-10(12)5-8-17-14(19)11-6-7-16-9-13(11)18/h1-4,6-7,9,18H,5,8H2,(H,17,19). The van der Waals surface area contributed by atoms with Crippen molar-refractivity contribution in [1.29, 1.82) is 0 Å². The monoisotopic (exact) mass is 260 g/mol. The Hall–Kier alpha value is -2.43. The number of carbonyl (C=O) groups is 1. The van der Waals surface area contributed by atoms with Crippen molar-refractivity contribution < 1.29 is 14.3 Å². The second-order valence-corrected chi connectivity index (χ2v) is 3.99. The minimum atomic E-state index is -0.406. The molecule has 2 rings (SSSR count). The molecule has 0 bridgehead atoms. The number of pyridine rings is 1. The average Bonchev–Trinajstić information content (AvgIpc) is 2.41. The molecule has 0 saturated heterocycles. The van der Waals surface area contributed by atoms with Crippen molar-refractivity contribution >= 4 is 5.91 Å². The number of benzene rings is 1. The van der Waals surface area contributed by atoms with E-state index in [2.05, 4.69) is 10.3 Å². The zero-order valence-electron chi connectivity index (χ0n) is 10.1. The molecule has 0 radical (unpaired) electrons. The smallest absolute Gasteiger partial charge is 0.255 e. The third kappa shape index (κ3) is 3.28. The van der Waals surface area contributed by atoms with E-state index in [1.54, 1.807) is 18.2 Å². The number of halogens is 1. The van der Waals surface area contributed by atoms with Crippen LogP contribution in [0, 0.1) is 5.82 Å². The highest BCUT2D eigenvalue weighted by molar-refractivity contribution is 5.96. The molecule has 0 aliphatic carbocycles. The zero-order valence-corrected chi connectivity index (χ0v) is 10.1. The number of carbonyl (C=O) groups excluding carboxylic acids is 1. The number of hydrogen-bond donors (Lipinski definition) is 2. The molecule has 0 fully saturated rings. The summed E-state index contributed by atoms with van der Waals surface area (Å²) in [5, 5.41) is 12.1. The first-order valence-electron chi connectivity index (χ1n) is 5.83. The summed E-state index contributed by atoms with van der Waals surface area (Å²) in [6, 6.07) is 7.84. The van der Waals surface area contributed by atoms with Crippen LogP contribution in [0.3, 0.4) is 0 Å². The fraction of sp³-hybridized carbons (Fsp3) is 0.143. The van der Waals surface area contributed by atoms with Gasteiger partial charge in [-0.15, -0.1) is 0 Å². The lowest BCUT2D eigenvalue weighted by molar-refractivity contribution is 0.0951. The summed E-state index contributed by atoms with van der Waals surface area (Å²) < 4.78 is 13.3. The van der Waals surface area contributed by atoms with Crippen molar-refractivity contribution in [3.63, 3.8) is 0 Å². The molecule has 0 atom stereocenters. The third-order valence-electron chi connectivity index (χ3n) is 2.68. The fourth-order valence-electron chi connectivity index (χ4n) is 1.69. The number of aromatic nitrogens is 1. The normalized spacial score (nSPS) is 10.2. The first kappa shape index (κ1) is 13.0. The Morgan fingerprint density at radius 2 is 2.11 bits per heavy atom. The molecule has 2 aromatic rings. The molecule has 2 N–H and O–H groups in total. The molecule has 19 heavy (non-hydrogen) atoms. The summed E-state index contributed by atoms with van der Waals surface area (Å²) in [4.78, 5) is 15.4. The van der Waals surface area contributed by atoms with Crippen LogP contribution in [-0.4, -0.2) is 22.5 Å². The summed E-state index contributed by atoms with van der Waals surface area (Å²) >= 11 is 0. The first-order chi connectivity index (χ1) is 9.18. The maximum Gasteiger partial charge on any atom is 0.255 e. The highest BCUT2D eigenvalue weighted by Crippen LogP contribution is 2.13. The van der Waals surface area contributed by atoms with Crippen LogP contribution in [0.2, 0.25) is 0 Å². The van der Waals surface area contributed by atoms with Crippen LogP contribution in [0.5, 0.6) is 5.75 Å². The van der Waals surface area contributed by atoms with Gasteiger partial charge in [0.05, 0.1) is 11.8 Å². The summed E-state index contributed by atoms with van der Waals surface area (Å²) in [6.07, 6.45) is 3.02. The van der Waals surface area contributed by atoms with Crippen LogP contribution in [0.25, 0.3) is 0 Å². The van der Waals surface area contributed by atoms with E-state index in [0.717, 1.165) is 0 Å². The van der Waals surface area contributed by atoms with Gasteiger partial charge < -0.3 is 10.4 Å². The van der Waals surface area contributed by atoms with Crippen molar-refractivity contribution in [3.05, 3.63) is 59.7 Å². The SMILES string of the molecule is O=C(NCCc1ccccc1F)c1ccncc1O. The van der Waals surface area contributed by atoms with Crippen LogP contribution < -0.4 is 5.32 Å². The van der Waals surface area contributed by atoms with E-state index in [1.807, 2.05) is 0 Å². The molecule has 0 aliphatic heterocycles. The Balaban J connectivity index is 1.92. The Morgan fingerprint density at radius 3 is 2.84 bits per heavy atom. The van der Waals surface area contributed by atoms with E-state index in [4.69, 9.17) is 0 Å². The highest BCUT2D eigenvalue weighted by atomic mass is 19.1. The van der Waals surface area contributed by atoms with Gasteiger partial charge in [0.1, 0.15) is 11.6 Å². The number of aromatic hydroxyl groups is 1. The Labute approximate surface area is 109 Å². The van der Waals surface area contributed by atoms with Gasteiger partial charge in [-0.3, -0.25) is 9.78 Å². The first-order valence-corrected chi connectivity index (χ1v) is 5.83. The van der Waals surface area contributed by atoms with E-state index in [-0.39, 0.29) is 17.1 Å².